The number of nitrogens with zero attached hydrogens (tertiary/aromatic N) is 1. The number of hydrogen-bond acceptors (Lipinski definition) is 2. The highest BCUT2D eigenvalue weighted by Gasteiger charge is 2.17. The number of hydrogen-bond donors (Lipinski definition) is 2. The summed E-state index contributed by atoms with van der Waals surface area (Å²) in [6.45, 7) is 8.42. The van der Waals surface area contributed by atoms with Crippen LogP contribution in [0.4, 0.5) is 0 Å². The summed E-state index contributed by atoms with van der Waals surface area (Å²) in [5, 5.41) is 3.70. The number of aromatic amines is 1. The van der Waals surface area contributed by atoms with Crippen molar-refractivity contribution in [3.8, 4) is 0 Å². The maximum atomic E-state index is 12.9. The normalized spacial score (nSPS) is 11.7. The molecule has 0 unspecified atom stereocenters. The van der Waals surface area contributed by atoms with Crippen LogP contribution in [0.25, 0.3) is 22.8 Å². The van der Waals surface area contributed by atoms with Gasteiger partial charge in [0, 0.05) is 10.6 Å². The lowest BCUT2D eigenvalue weighted by atomic mass is 9.98. The third-order valence-electron chi connectivity index (χ3n) is 5.84. The van der Waals surface area contributed by atoms with E-state index >= 15 is 0 Å². The summed E-state index contributed by atoms with van der Waals surface area (Å²) in [7, 11) is 0. The second kappa shape index (κ2) is 8.40. The monoisotopic (exact) mass is 429 g/mol. The fourth-order valence-electron chi connectivity index (χ4n) is 3.64. The van der Waals surface area contributed by atoms with Crippen LogP contribution in [0, 0.1) is 27.7 Å². The average Bonchev–Trinajstić information content (AvgIpc) is 3.23. The Morgan fingerprint density at radius 1 is 0.903 bits per heavy atom. The van der Waals surface area contributed by atoms with E-state index in [9.17, 15) is 4.79 Å². The van der Waals surface area contributed by atoms with Gasteiger partial charge >= 0.3 is 0 Å². The van der Waals surface area contributed by atoms with Crippen molar-refractivity contribution in [2.75, 3.05) is 0 Å². The number of carbonyl (C=O) groups excluding carboxylic acids is 1. The van der Waals surface area contributed by atoms with E-state index in [4.69, 9.17) is 16.6 Å². The van der Waals surface area contributed by atoms with Gasteiger partial charge in [0.1, 0.15) is 0 Å². The minimum absolute atomic E-state index is 0.193. The molecule has 0 aliphatic heterocycles. The van der Waals surface area contributed by atoms with Crippen LogP contribution in [0.1, 0.15) is 44.0 Å². The summed E-state index contributed by atoms with van der Waals surface area (Å²) in [5.74, 6) is 0.424. The largest absolute Gasteiger partial charge is 0.336 e. The third kappa shape index (κ3) is 4.12. The van der Waals surface area contributed by atoms with Crippen LogP contribution in [0.3, 0.4) is 0 Å². The number of aromatic nitrogens is 2. The molecule has 0 radical (unpaired) electrons. The van der Waals surface area contributed by atoms with E-state index < -0.39 is 0 Å². The van der Waals surface area contributed by atoms with E-state index in [1.165, 1.54) is 11.1 Å². The molecule has 3 aromatic carbocycles. The van der Waals surface area contributed by atoms with E-state index in [1.807, 2.05) is 48.5 Å². The first-order chi connectivity index (χ1) is 14.8. The molecule has 5 heteroatoms. The predicted molar refractivity (Wildman–Crippen MR) is 128 cm³/mol. The Balaban J connectivity index is 1.84. The second-order valence-corrected chi connectivity index (χ2v) is 8.18. The number of rotatable bonds is 4. The number of imidazole rings is 1. The predicted octanol–water partition coefficient (Wildman–Crippen LogP) is 6.38. The first-order valence-electron chi connectivity index (χ1n) is 10.1. The molecule has 0 aliphatic rings. The number of amides is 1. The Bertz CT molecular complexity index is 1260. The lowest BCUT2D eigenvalue weighted by Crippen LogP contribution is -2.22. The van der Waals surface area contributed by atoms with Crippen LogP contribution < -0.4 is 5.32 Å². The van der Waals surface area contributed by atoms with Crippen molar-refractivity contribution in [2.24, 2.45) is 0 Å². The van der Waals surface area contributed by atoms with E-state index in [2.05, 4.69) is 38.0 Å². The van der Waals surface area contributed by atoms with Crippen LogP contribution in [-0.4, -0.2) is 15.9 Å². The highest BCUT2D eigenvalue weighted by molar-refractivity contribution is 6.30. The van der Waals surface area contributed by atoms with Gasteiger partial charge in [-0.25, -0.2) is 4.98 Å². The minimum atomic E-state index is -0.193. The van der Waals surface area contributed by atoms with Crippen LogP contribution >= 0.6 is 11.6 Å². The van der Waals surface area contributed by atoms with Gasteiger partial charge in [-0.15, -0.1) is 0 Å². The van der Waals surface area contributed by atoms with Crippen molar-refractivity contribution in [1.82, 2.24) is 15.3 Å². The highest BCUT2D eigenvalue weighted by atomic mass is 35.5. The SMILES string of the molecule is Cc1c(C)c(C)c2[nH]c(/C(=C\c3ccc(Cl)cc3)NC(=O)c3ccccc3)nc2c1C. The topological polar surface area (TPSA) is 57.8 Å². The maximum Gasteiger partial charge on any atom is 0.255 e. The molecule has 1 aromatic heterocycles. The highest BCUT2D eigenvalue weighted by Crippen LogP contribution is 2.29. The summed E-state index contributed by atoms with van der Waals surface area (Å²) in [6.07, 6.45) is 1.90. The number of aryl methyl sites for hydroxylation is 2. The van der Waals surface area contributed by atoms with Crippen molar-refractivity contribution in [1.29, 1.82) is 0 Å². The lowest BCUT2D eigenvalue weighted by Gasteiger charge is -2.09. The Morgan fingerprint density at radius 2 is 1.55 bits per heavy atom. The number of H-pyrrole nitrogens is 1. The molecule has 2 N–H and O–H groups in total. The molecule has 0 bridgehead atoms. The molecule has 0 fully saturated rings. The standard InChI is InChI=1S/C26H24ClN3O/c1-15-16(2)18(4)24-23(17(15)3)29-25(30-24)22(14-19-10-12-21(27)13-11-19)28-26(31)20-8-6-5-7-9-20/h5-14H,1-4H3,(H,28,31)(H,29,30)/b22-14+. The van der Waals surface area contributed by atoms with Gasteiger partial charge in [0.15, 0.2) is 5.82 Å². The summed E-state index contributed by atoms with van der Waals surface area (Å²) in [5.41, 5.74) is 8.79. The van der Waals surface area contributed by atoms with E-state index in [-0.39, 0.29) is 5.91 Å². The molecule has 4 nitrogen and oxygen atoms in total. The Hall–Kier alpha value is -3.37. The minimum Gasteiger partial charge on any atom is -0.336 e. The quantitative estimate of drug-likeness (QED) is 0.395. The number of nitrogens with one attached hydrogen (secondary N) is 2. The Labute approximate surface area is 187 Å². The lowest BCUT2D eigenvalue weighted by molar-refractivity contribution is 0.0973. The molecule has 0 spiro atoms. The summed E-state index contributed by atoms with van der Waals surface area (Å²) in [6, 6.07) is 16.6. The van der Waals surface area contributed by atoms with Crippen LogP contribution in [0.2, 0.25) is 5.02 Å². The van der Waals surface area contributed by atoms with Crippen LogP contribution in [0.5, 0.6) is 0 Å². The van der Waals surface area contributed by atoms with Crippen molar-refractivity contribution in [2.45, 2.75) is 27.7 Å². The molecule has 1 amide bonds. The van der Waals surface area contributed by atoms with Crippen molar-refractivity contribution >= 4 is 40.3 Å². The summed E-state index contributed by atoms with van der Waals surface area (Å²) < 4.78 is 0. The molecule has 0 atom stereocenters. The zero-order valence-corrected chi connectivity index (χ0v) is 18.8. The van der Waals surface area contributed by atoms with Gasteiger partial charge < -0.3 is 10.3 Å². The first kappa shape index (κ1) is 20.9. The summed E-state index contributed by atoms with van der Waals surface area (Å²) >= 11 is 6.04. The number of carbonyl (C=O) groups is 1. The number of halogens is 1. The molecule has 0 saturated carbocycles. The van der Waals surface area contributed by atoms with E-state index in [0.29, 0.717) is 22.1 Å². The Morgan fingerprint density at radius 3 is 2.23 bits per heavy atom. The fourth-order valence-corrected chi connectivity index (χ4v) is 3.77. The first-order valence-corrected chi connectivity index (χ1v) is 10.5. The molecule has 0 aliphatic carbocycles. The van der Waals surface area contributed by atoms with Gasteiger partial charge in [0.05, 0.1) is 16.7 Å². The van der Waals surface area contributed by atoms with Gasteiger partial charge in [-0.3, -0.25) is 4.79 Å². The van der Waals surface area contributed by atoms with Gasteiger partial charge in [-0.1, -0.05) is 41.9 Å². The second-order valence-electron chi connectivity index (χ2n) is 7.74. The summed E-state index contributed by atoms with van der Waals surface area (Å²) in [4.78, 5) is 21.2. The molecule has 4 aromatic rings. The number of benzene rings is 3. The van der Waals surface area contributed by atoms with Gasteiger partial charge in [-0.2, -0.15) is 0 Å². The number of fused-ring (bicyclic) bond motifs is 1. The Kier molecular flexibility index (Phi) is 5.66. The van der Waals surface area contributed by atoms with E-state index in [0.717, 1.165) is 27.7 Å². The van der Waals surface area contributed by atoms with Gasteiger partial charge in [0.25, 0.3) is 5.91 Å². The van der Waals surface area contributed by atoms with Gasteiger partial charge in [0.2, 0.25) is 0 Å². The molecular weight excluding hydrogens is 406 g/mol. The average molecular weight is 430 g/mol. The van der Waals surface area contributed by atoms with Crippen molar-refractivity contribution < 1.29 is 4.79 Å². The van der Waals surface area contributed by atoms with Crippen molar-refractivity contribution in [3.63, 3.8) is 0 Å². The van der Waals surface area contributed by atoms with E-state index in [1.54, 1.807) is 12.1 Å². The molecule has 0 saturated heterocycles. The fraction of sp³-hybridized carbons (Fsp3) is 0.154. The van der Waals surface area contributed by atoms with Crippen molar-refractivity contribution in [3.05, 3.63) is 98.8 Å². The third-order valence-corrected chi connectivity index (χ3v) is 6.09. The molecule has 1 heterocycles. The molecule has 4 rings (SSSR count). The van der Waals surface area contributed by atoms with Gasteiger partial charge in [-0.05, 0) is 85.9 Å². The molecule has 156 valence electrons. The molecule has 31 heavy (non-hydrogen) atoms. The zero-order chi connectivity index (χ0) is 22.1. The van der Waals surface area contributed by atoms with Crippen LogP contribution in [-0.2, 0) is 0 Å². The van der Waals surface area contributed by atoms with Crippen LogP contribution in [0.15, 0.2) is 54.6 Å². The maximum absolute atomic E-state index is 12.9. The molecular formula is C26H24ClN3O. The smallest absolute Gasteiger partial charge is 0.255 e. The zero-order valence-electron chi connectivity index (χ0n) is 18.0.